The second-order valence-electron chi connectivity index (χ2n) is 11.8. The Hall–Kier alpha value is -6.48. The average Bonchev–Trinajstić information content (AvgIpc) is 3.17. The Kier molecular flexibility index (Phi) is 10.4. The fourth-order valence-electron chi connectivity index (χ4n) is 5.50. The first-order valence-corrected chi connectivity index (χ1v) is 19.8. The standard InChI is InChI=1S/C36H22N6O10S4/c43-39(44)31-19-27-11-13-29(31)37-21-1-5-23(6-2-21)54-35-15-9-25(17-33(35)41(47)48)53-26-10-16-36(34(18-26)42(49)50)55-24-7-3-22(4-8-24)38-30-14-12-28(56(27,51)52)20-32(30)40(45)46/h1-20,37-38H. The fourth-order valence-corrected chi connectivity index (χ4v) is 9.49. The predicted molar refractivity (Wildman–Crippen MR) is 210 cm³/mol. The highest BCUT2D eigenvalue weighted by Gasteiger charge is 2.27. The van der Waals surface area contributed by atoms with E-state index in [1.54, 1.807) is 72.8 Å². The molecule has 0 fully saturated rings. The smallest absolute Gasteiger partial charge is 0.293 e. The van der Waals surface area contributed by atoms with Gasteiger partial charge in [0.15, 0.2) is 0 Å². The van der Waals surface area contributed by atoms with Crippen LogP contribution in [0.4, 0.5) is 45.5 Å². The van der Waals surface area contributed by atoms with Gasteiger partial charge in [-0.2, -0.15) is 0 Å². The third kappa shape index (κ3) is 7.98. The molecule has 0 aromatic heterocycles. The summed E-state index contributed by atoms with van der Waals surface area (Å²) in [4.78, 5) is 47.8. The van der Waals surface area contributed by atoms with Crippen molar-refractivity contribution < 1.29 is 28.1 Å². The number of anilines is 4. The average molecular weight is 827 g/mol. The number of rotatable bonds is 4. The summed E-state index contributed by atoms with van der Waals surface area (Å²) >= 11 is 3.34. The molecule has 16 aliphatic heterocycles. The molecule has 0 radical (unpaired) electrons. The summed E-state index contributed by atoms with van der Waals surface area (Å²) in [5.41, 5.74) is -0.799. The summed E-state index contributed by atoms with van der Waals surface area (Å²) in [6.07, 6.45) is 0. The van der Waals surface area contributed by atoms with Crippen LogP contribution in [0, 0.1) is 40.5 Å². The Morgan fingerprint density at radius 1 is 0.411 bits per heavy atom. The van der Waals surface area contributed by atoms with E-state index in [0.29, 0.717) is 40.7 Å². The van der Waals surface area contributed by atoms with Crippen LogP contribution in [0.1, 0.15) is 0 Å². The molecular formula is C36H22N6O10S4. The predicted octanol–water partition coefficient (Wildman–Crippen LogP) is 10.4. The minimum absolute atomic E-state index is 0.0346. The van der Waals surface area contributed by atoms with Crippen LogP contribution in [0.15, 0.2) is 160 Å². The van der Waals surface area contributed by atoms with Crippen molar-refractivity contribution in [3.8, 4) is 0 Å². The highest BCUT2D eigenvalue weighted by Crippen LogP contribution is 2.43. The quantitative estimate of drug-likeness (QED) is 0.124. The topological polar surface area (TPSA) is 231 Å². The summed E-state index contributed by atoms with van der Waals surface area (Å²) in [6, 6.07) is 28.6. The van der Waals surface area contributed by atoms with Gasteiger partial charge in [0.05, 0.1) is 39.3 Å². The van der Waals surface area contributed by atoms with Crippen molar-refractivity contribution in [3.63, 3.8) is 0 Å². The van der Waals surface area contributed by atoms with E-state index in [-0.39, 0.29) is 22.7 Å². The molecule has 280 valence electrons. The van der Waals surface area contributed by atoms with E-state index in [1.165, 1.54) is 24.3 Å². The van der Waals surface area contributed by atoms with Gasteiger partial charge >= 0.3 is 0 Å². The number of benzene rings is 6. The van der Waals surface area contributed by atoms with Gasteiger partial charge in [-0.05, 0) is 97.1 Å². The van der Waals surface area contributed by atoms with Crippen molar-refractivity contribution in [2.24, 2.45) is 0 Å². The van der Waals surface area contributed by atoms with Crippen molar-refractivity contribution >= 4 is 90.6 Å². The second kappa shape index (κ2) is 15.3. The van der Waals surface area contributed by atoms with Gasteiger partial charge in [0.25, 0.3) is 22.7 Å². The van der Waals surface area contributed by atoms with E-state index in [4.69, 9.17) is 0 Å². The van der Waals surface area contributed by atoms with E-state index < -0.39 is 50.7 Å². The third-order valence-corrected chi connectivity index (χ3v) is 13.0. The van der Waals surface area contributed by atoms with Gasteiger partial charge in [0.2, 0.25) is 9.84 Å². The maximum Gasteiger partial charge on any atom is 0.293 e. The van der Waals surface area contributed by atoms with Gasteiger partial charge in [-0.15, -0.1) is 0 Å². The number of hydrogen-bond acceptors (Lipinski definition) is 15. The fraction of sp³-hybridized carbons (Fsp3) is 0. The minimum atomic E-state index is -4.49. The molecule has 0 atom stereocenters. The van der Waals surface area contributed by atoms with Crippen LogP contribution >= 0.6 is 35.3 Å². The van der Waals surface area contributed by atoms with E-state index in [1.807, 2.05) is 0 Å². The van der Waals surface area contributed by atoms with Crippen molar-refractivity contribution in [1.29, 1.82) is 0 Å². The molecule has 56 heavy (non-hydrogen) atoms. The highest BCUT2D eigenvalue weighted by atomic mass is 32.2. The molecule has 2 N–H and O–H groups in total. The first-order valence-electron chi connectivity index (χ1n) is 15.9. The largest absolute Gasteiger partial charge is 0.350 e. The Balaban J connectivity index is 1.31. The Bertz CT molecular complexity index is 2540. The molecule has 0 amide bonds. The highest BCUT2D eigenvalue weighted by molar-refractivity contribution is 8.00. The van der Waals surface area contributed by atoms with Crippen molar-refractivity contribution in [2.75, 3.05) is 10.6 Å². The molecule has 0 saturated carbocycles. The molecule has 16 aliphatic rings. The van der Waals surface area contributed by atoms with Gasteiger partial charge in [0, 0.05) is 55.2 Å². The number of nitro benzene ring substituents is 4. The zero-order chi connectivity index (χ0) is 39.7. The molecule has 22 rings (SSSR count). The molecule has 6 aromatic rings. The Labute approximate surface area is 328 Å². The van der Waals surface area contributed by atoms with Crippen molar-refractivity contribution in [2.45, 2.75) is 39.2 Å². The lowest BCUT2D eigenvalue weighted by atomic mass is 10.2. The lowest BCUT2D eigenvalue weighted by Gasteiger charge is -2.12. The van der Waals surface area contributed by atoms with Crippen LogP contribution in [-0.2, 0) is 9.84 Å². The Morgan fingerprint density at radius 2 is 0.768 bits per heavy atom. The number of sulfone groups is 1. The lowest BCUT2D eigenvalue weighted by molar-refractivity contribution is -0.388. The van der Waals surface area contributed by atoms with Crippen LogP contribution in [0.3, 0.4) is 0 Å². The molecule has 16 nitrogen and oxygen atoms in total. The molecule has 0 saturated heterocycles. The van der Waals surface area contributed by atoms with E-state index in [2.05, 4.69) is 10.6 Å². The van der Waals surface area contributed by atoms with Gasteiger partial charge in [-0.3, -0.25) is 40.5 Å². The molecule has 12 bridgehead atoms. The van der Waals surface area contributed by atoms with Gasteiger partial charge in [-0.25, -0.2) is 8.42 Å². The number of hydrogen-bond donors (Lipinski definition) is 2. The first kappa shape index (κ1) is 37.8. The van der Waals surface area contributed by atoms with Crippen molar-refractivity contribution in [1.82, 2.24) is 0 Å². The van der Waals surface area contributed by atoms with Crippen LogP contribution in [0.2, 0.25) is 0 Å². The van der Waals surface area contributed by atoms with E-state index in [9.17, 15) is 48.9 Å². The molecule has 6 aromatic carbocycles. The zero-order valence-corrected chi connectivity index (χ0v) is 31.3. The summed E-state index contributed by atoms with van der Waals surface area (Å²) in [5.74, 6) is 0. The van der Waals surface area contributed by atoms with Crippen LogP contribution < -0.4 is 10.6 Å². The van der Waals surface area contributed by atoms with Crippen molar-refractivity contribution in [3.05, 3.63) is 162 Å². The summed E-state index contributed by atoms with van der Waals surface area (Å²) in [7, 11) is -4.49. The monoisotopic (exact) mass is 826 g/mol. The van der Waals surface area contributed by atoms with E-state index in [0.717, 1.165) is 59.6 Å². The van der Waals surface area contributed by atoms with Crippen LogP contribution in [-0.4, -0.2) is 28.1 Å². The molecule has 16 heterocycles. The summed E-state index contributed by atoms with van der Waals surface area (Å²) in [6.45, 7) is 0. The summed E-state index contributed by atoms with van der Waals surface area (Å²) in [5, 5.41) is 54.3. The van der Waals surface area contributed by atoms with Crippen LogP contribution in [0.5, 0.6) is 0 Å². The molecule has 0 spiro atoms. The van der Waals surface area contributed by atoms with Crippen LogP contribution in [0.25, 0.3) is 0 Å². The molecule has 0 aliphatic carbocycles. The zero-order valence-electron chi connectivity index (χ0n) is 28.1. The maximum atomic E-state index is 13.7. The minimum Gasteiger partial charge on any atom is -0.350 e. The third-order valence-electron chi connectivity index (χ3n) is 8.16. The van der Waals surface area contributed by atoms with Gasteiger partial charge in [-0.1, -0.05) is 35.3 Å². The number of nitrogens with one attached hydrogen (secondary N) is 2. The molecular weight excluding hydrogens is 805 g/mol. The lowest BCUT2D eigenvalue weighted by Crippen LogP contribution is -2.06. The summed E-state index contributed by atoms with van der Waals surface area (Å²) < 4.78 is 27.4. The molecule has 20 heteroatoms. The Morgan fingerprint density at radius 3 is 1.12 bits per heavy atom. The maximum absolute atomic E-state index is 13.7. The molecule has 0 unspecified atom stereocenters. The van der Waals surface area contributed by atoms with Gasteiger partial charge < -0.3 is 10.6 Å². The number of nitrogens with zero attached hydrogens (tertiary/aromatic N) is 4. The van der Waals surface area contributed by atoms with Gasteiger partial charge in [0.1, 0.15) is 11.4 Å². The normalized spacial score (nSPS) is 13.2. The second-order valence-corrected chi connectivity index (χ2v) is 17.1. The van der Waals surface area contributed by atoms with E-state index >= 15 is 0 Å². The first-order chi connectivity index (χ1) is 26.7. The SMILES string of the molecule is O=[N+]([O-])c1cc2ccc1Nc1ccc(cc1)Sc1ccc(cc1[N+](=O)[O-])Sc1ccc(c([N+](=O)[O-])c1)Sc1ccc(cc1)Nc1ccc(cc1[N+](=O)[O-])S2(=O)=O. The number of nitro groups is 4.